The van der Waals surface area contributed by atoms with E-state index in [1.165, 1.54) is 0 Å². The first-order valence-corrected chi connectivity index (χ1v) is 11.7. The van der Waals surface area contributed by atoms with E-state index < -0.39 is 16.6 Å². The molecule has 0 rings (SSSR count). The quantitative estimate of drug-likeness (QED) is 0.679. The lowest BCUT2D eigenvalue weighted by molar-refractivity contribution is 0.140. The Labute approximate surface area is 91.3 Å². The van der Waals surface area contributed by atoms with Gasteiger partial charge in [-0.05, 0) is 53.5 Å². The zero-order valence-electron chi connectivity index (χ0n) is 11.0. The fourth-order valence-corrected chi connectivity index (χ4v) is 5.92. The zero-order valence-corrected chi connectivity index (χ0v) is 13.0. The first-order valence-electron chi connectivity index (χ1n) is 5.36. The Morgan fingerprint density at radius 2 is 1.43 bits per heavy atom. The molecule has 0 saturated heterocycles. The van der Waals surface area contributed by atoms with Gasteiger partial charge in [-0.15, -0.1) is 0 Å². The van der Waals surface area contributed by atoms with Crippen molar-refractivity contribution in [3.8, 4) is 0 Å². The van der Waals surface area contributed by atoms with Crippen LogP contribution in [0.25, 0.3) is 0 Å². The summed E-state index contributed by atoms with van der Waals surface area (Å²) in [5, 5.41) is -0.0898. The number of rotatable bonds is 5. The molecule has 0 aromatic heterocycles. The molecule has 4 heteroatoms. The van der Waals surface area contributed by atoms with Crippen LogP contribution in [-0.4, -0.2) is 28.5 Å². The van der Waals surface area contributed by atoms with Gasteiger partial charge in [0.15, 0.2) is 8.32 Å². The molecule has 14 heavy (non-hydrogen) atoms. The highest BCUT2D eigenvalue weighted by Gasteiger charge is 2.44. The average molecular weight is 234 g/mol. The molecule has 0 amide bonds. The van der Waals surface area contributed by atoms with Gasteiger partial charge in [-0.25, -0.2) is 0 Å². The van der Waals surface area contributed by atoms with Gasteiger partial charge in [0.2, 0.25) is 8.32 Å². The van der Waals surface area contributed by atoms with Crippen LogP contribution in [0.3, 0.4) is 0 Å². The molecular formula is C10H26O2Si2. The second-order valence-corrected chi connectivity index (χ2v) is 14.6. The van der Waals surface area contributed by atoms with Gasteiger partial charge in [0, 0.05) is 6.61 Å². The summed E-state index contributed by atoms with van der Waals surface area (Å²) in [4.78, 5) is 0. The molecule has 0 spiro atoms. The zero-order chi connectivity index (χ0) is 11.6. The summed E-state index contributed by atoms with van der Waals surface area (Å²) in [6.45, 7) is 18.3. The van der Waals surface area contributed by atoms with Gasteiger partial charge in [0.25, 0.3) is 0 Å². The van der Waals surface area contributed by atoms with E-state index in [9.17, 15) is 0 Å². The van der Waals surface area contributed by atoms with Crippen LogP contribution in [0.1, 0.15) is 20.8 Å². The van der Waals surface area contributed by atoms with Crippen molar-refractivity contribution in [2.75, 3.05) is 6.61 Å². The van der Waals surface area contributed by atoms with Gasteiger partial charge in [0.1, 0.15) is 0 Å². The predicted octanol–water partition coefficient (Wildman–Crippen LogP) is 3.40. The molecular weight excluding hydrogens is 208 g/mol. The van der Waals surface area contributed by atoms with Crippen LogP contribution in [0, 0.1) is 0 Å². The predicted molar refractivity (Wildman–Crippen MR) is 67.6 cm³/mol. The van der Waals surface area contributed by atoms with Crippen LogP contribution < -0.4 is 0 Å². The fourth-order valence-electron chi connectivity index (χ4n) is 1.42. The maximum Gasteiger partial charge on any atom is 0.216 e. The van der Waals surface area contributed by atoms with E-state index in [0.29, 0.717) is 0 Å². The van der Waals surface area contributed by atoms with Crippen LogP contribution in [0.15, 0.2) is 0 Å². The maximum absolute atomic E-state index is 6.22. The molecule has 0 fully saturated rings. The largest absolute Gasteiger partial charge is 0.415 e. The fraction of sp³-hybridized carbons (Fsp3) is 1.00. The molecule has 2 nitrogen and oxygen atoms in total. The number of hydrogen-bond acceptors (Lipinski definition) is 2. The lowest BCUT2D eigenvalue weighted by atomic mass is 10.5. The van der Waals surface area contributed by atoms with E-state index in [0.717, 1.165) is 6.61 Å². The van der Waals surface area contributed by atoms with E-state index in [-0.39, 0.29) is 5.22 Å². The van der Waals surface area contributed by atoms with Crippen LogP contribution in [-0.2, 0) is 8.85 Å². The monoisotopic (exact) mass is 234 g/mol. The summed E-state index contributed by atoms with van der Waals surface area (Å²) in [6.07, 6.45) is 0. The third-order valence-corrected chi connectivity index (χ3v) is 7.86. The Bertz CT molecular complexity index is 183. The Kier molecular flexibility index (Phi) is 4.58. The SMILES string of the molecule is CCO[Si](C)(C)C(C)(C)O[Si](C)(C)C. The average Bonchev–Trinajstić information content (AvgIpc) is 1.79. The normalized spacial score (nSPS) is 14.6. The van der Waals surface area contributed by atoms with Crippen LogP contribution >= 0.6 is 0 Å². The summed E-state index contributed by atoms with van der Waals surface area (Å²) in [6, 6.07) is 0. The summed E-state index contributed by atoms with van der Waals surface area (Å²) in [7, 11) is -3.20. The van der Waals surface area contributed by atoms with Crippen LogP contribution in [0.2, 0.25) is 32.7 Å². The van der Waals surface area contributed by atoms with Crippen molar-refractivity contribution in [2.45, 2.75) is 58.7 Å². The molecule has 0 heterocycles. The van der Waals surface area contributed by atoms with Crippen molar-refractivity contribution >= 4 is 16.6 Å². The third-order valence-electron chi connectivity index (χ3n) is 2.52. The maximum atomic E-state index is 6.22. The van der Waals surface area contributed by atoms with Crippen LogP contribution in [0.5, 0.6) is 0 Å². The highest BCUT2D eigenvalue weighted by atomic mass is 28.4. The molecule has 0 aliphatic rings. The Hall–Kier alpha value is 0.354. The van der Waals surface area contributed by atoms with Gasteiger partial charge >= 0.3 is 0 Å². The molecule has 0 N–H and O–H groups in total. The second kappa shape index (κ2) is 4.47. The summed E-state index contributed by atoms with van der Waals surface area (Å²) >= 11 is 0. The smallest absolute Gasteiger partial charge is 0.216 e. The first kappa shape index (κ1) is 14.4. The van der Waals surface area contributed by atoms with Crippen molar-refractivity contribution in [3.05, 3.63) is 0 Å². The molecule has 0 aromatic rings. The molecule has 0 atom stereocenters. The minimum atomic E-state index is -1.73. The van der Waals surface area contributed by atoms with E-state index in [1.807, 2.05) is 0 Å². The summed E-state index contributed by atoms with van der Waals surface area (Å²) in [5.74, 6) is 0. The molecule has 0 aliphatic heterocycles. The Morgan fingerprint density at radius 1 is 1.00 bits per heavy atom. The first-order chi connectivity index (χ1) is 6.02. The van der Waals surface area contributed by atoms with Gasteiger partial charge in [-0.3, -0.25) is 0 Å². The third kappa shape index (κ3) is 4.25. The van der Waals surface area contributed by atoms with E-state index in [2.05, 4.69) is 53.5 Å². The van der Waals surface area contributed by atoms with Crippen molar-refractivity contribution in [1.29, 1.82) is 0 Å². The topological polar surface area (TPSA) is 18.5 Å². The minimum absolute atomic E-state index is 0.0898. The minimum Gasteiger partial charge on any atom is -0.415 e. The Balaban J connectivity index is 4.59. The molecule has 86 valence electrons. The highest BCUT2D eigenvalue weighted by molar-refractivity contribution is 6.76. The summed E-state index contributed by atoms with van der Waals surface area (Å²) < 4.78 is 12.1. The van der Waals surface area contributed by atoms with E-state index in [1.54, 1.807) is 0 Å². The molecule has 0 saturated carbocycles. The molecule has 0 bridgehead atoms. The van der Waals surface area contributed by atoms with E-state index >= 15 is 0 Å². The standard InChI is InChI=1S/C10H26O2Si2/c1-9-11-14(7,8)10(2,3)12-13(4,5)6/h9H2,1-8H3. The van der Waals surface area contributed by atoms with Gasteiger partial charge in [-0.1, -0.05) is 0 Å². The molecule has 0 aromatic carbocycles. The lowest BCUT2D eigenvalue weighted by Crippen LogP contribution is -2.58. The summed E-state index contributed by atoms with van der Waals surface area (Å²) in [5.41, 5.74) is 0. The molecule has 0 aliphatic carbocycles. The molecule has 0 radical (unpaired) electrons. The second-order valence-electron chi connectivity index (χ2n) is 5.67. The van der Waals surface area contributed by atoms with Crippen molar-refractivity contribution in [1.82, 2.24) is 0 Å². The number of hydrogen-bond donors (Lipinski definition) is 0. The van der Waals surface area contributed by atoms with Crippen molar-refractivity contribution in [3.63, 3.8) is 0 Å². The van der Waals surface area contributed by atoms with Crippen molar-refractivity contribution in [2.24, 2.45) is 0 Å². The van der Waals surface area contributed by atoms with E-state index in [4.69, 9.17) is 8.85 Å². The Morgan fingerprint density at radius 3 is 1.71 bits per heavy atom. The van der Waals surface area contributed by atoms with Crippen LogP contribution in [0.4, 0.5) is 0 Å². The van der Waals surface area contributed by atoms with Gasteiger partial charge < -0.3 is 8.85 Å². The highest BCUT2D eigenvalue weighted by Crippen LogP contribution is 2.28. The molecule has 0 unspecified atom stereocenters. The van der Waals surface area contributed by atoms with Gasteiger partial charge in [-0.2, -0.15) is 0 Å². The lowest BCUT2D eigenvalue weighted by Gasteiger charge is -2.43. The van der Waals surface area contributed by atoms with Gasteiger partial charge in [0.05, 0.1) is 5.22 Å². The van der Waals surface area contributed by atoms with Crippen molar-refractivity contribution < 1.29 is 8.85 Å².